The monoisotopic (exact) mass is 408 g/mol. The van der Waals surface area contributed by atoms with E-state index in [-0.39, 0.29) is 5.56 Å². The van der Waals surface area contributed by atoms with Gasteiger partial charge >= 0.3 is 5.97 Å². The number of hydrogen-bond donors (Lipinski definition) is 1. The number of ketones is 1. The number of carbonyl (C=O) groups is 3. The minimum absolute atomic E-state index is 0.262. The molecule has 1 N–H and O–H groups in total. The van der Waals surface area contributed by atoms with Gasteiger partial charge in [0.15, 0.2) is 5.71 Å². The van der Waals surface area contributed by atoms with Gasteiger partial charge in [0.05, 0.1) is 12.8 Å². The second-order valence-electron chi connectivity index (χ2n) is 6.18. The van der Waals surface area contributed by atoms with E-state index < -0.39 is 34.7 Å². The van der Waals surface area contributed by atoms with Gasteiger partial charge < -0.3 is 14.7 Å². The largest absolute Gasteiger partial charge is 0.506 e. The first kappa shape index (κ1) is 22.5. The van der Waals surface area contributed by atoms with Crippen molar-refractivity contribution in [1.29, 1.82) is 0 Å². The summed E-state index contributed by atoms with van der Waals surface area (Å²) in [6.07, 6.45) is 0. The second-order valence-corrected chi connectivity index (χ2v) is 6.18. The number of hydrogen-bond acceptors (Lipinski definition) is 6. The van der Waals surface area contributed by atoms with Crippen LogP contribution in [0.4, 0.5) is 5.69 Å². The number of benzene rings is 2. The van der Waals surface area contributed by atoms with Gasteiger partial charge in [-0.3, -0.25) is 9.59 Å². The zero-order valence-electron chi connectivity index (χ0n) is 17.2. The zero-order valence-corrected chi connectivity index (χ0v) is 17.2. The Hall–Kier alpha value is -3.74. The SMILES string of the molecule is CCN(CC)C(=O)C(=O)/C(C(=Nc1ccccc1)C(=O)OC)=C(/O)c1ccccc1. The molecule has 1 amide bonds. The average Bonchev–Trinajstić information content (AvgIpc) is 2.79. The van der Waals surface area contributed by atoms with Crippen LogP contribution in [-0.4, -0.2) is 53.6 Å². The molecule has 7 heteroatoms. The summed E-state index contributed by atoms with van der Waals surface area (Å²) in [6, 6.07) is 16.6. The molecule has 0 spiro atoms. The molecule has 0 fully saturated rings. The summed E-state index contributed by atoms with van der Waals surface area (Å²) < 4.78 is 4.80. The number of para-hydroxylation sites is 1. The molecule has 156 valence electrons. The molecular weight excluding hydrogens is 384 g/mol. The Morgan fingerprint density at radius 1 is 0.933 bits per heavy atom. The summed E-state index contributed by atoms with van der Waals surface area (Å²) in [5, 5.41) is 10.9. The van der Waals surface area contributed by atoms with Crippen LogP contribution in [0.25, 0.3) is 5.76 Å². The quantitative estimate of drug-likeness (QED) is 0.238. The number of rotatable bonds is 8. The van der Waals surface area contributed by atoms with E-state index in [2.05, 4.69) is 4.99 Å². The molecule has 2 aromatic rings. The van der Waals surface area contributed by atoms with Crippen LogP contribution < -0.4 is 0 Å². The topological polar surface area (TPSA) is 96.3 Å². The average molecular weight is 408 g/mol. The van der Waals surface area contributed by atoms with Crippen LogP contribution in [0.5, 0.6) is 0 Å². The number of nitrogens with zero attached hydrogens (tertiary/aromatic N) is 2. The molecule has 0 aromatic heterocycles. The molecule has 7 nitrogen and oxygen atoms in total. The van der Waals surface area contributed by atoms with Crippen LogP contribution in [0.3, 0.4) is 0 Å². The zero-order chi connectivity index (χ0) is 22.1. The van der Waals surface area contributed by atoms with Crippen LogP contribution in [0.2, 0.25) is 0 Å². The van der Waals surface area contributed by atoms with Gasteiger partial charge in [-0.15, -0.1) is 0 Å². The third-order valence-corrected chi connectivity index (χ3v) is 4.37. The molecule has 30 heavy (non-hydrogen) atoms. The Bertz CT molecular complexity index is 962. The molecule has 2 rings (SSSR count). The predicted molar refractivity (Wildman–Crippen MR) is 114 cm³/mol. The lowest BCUT2D eigenvalue weighted by Crippen LogP contribution is -2.39. The van der Waals surface area contributed by atoms with Crippen molar-refractivity contribution in [3.63, 3.8) is 0 Å². The number of esters is 1. The number of Topliss-reactive ketones (excluding diaryl/α,β-unsaturated/α-hetero) is 1. The van der Waals surface area contributed by atoms with E-state index in [1.165, 1.54) is 4.90 Å². The van der Waals surface area contributed by atoms with Crippen molar-refractivity contribution < 1.29 is 24.2 Å². The Morgan fingerprint density at radius 3 is 1.97 bits per heavy atom. The lowest BCUT2D eigenvalue weighted by molar-refractivity contribution is -0.142. The fraction of sp³-hybridized carbons (Fsp3) is 0.217. The summed E-state index contributed by atoms with van der Waals surface area (Å²) in [4.78, 5) is 44.0. The van der Waals surface area contributed by atoms with Gasteiger partial charge in [0.1, 0.15) is 11.3 Å². The maximum Gasteiger partial charge on any atom is 0.357 e. The Labute approximate surface area is 175 Å². The molecular formula is C23H24N2O5. The van der Waals surface area contributed by atoms with Crippen molar-refractivity contribution in [2.24, 2.45) is 4.99 Å². The summed E-state index contributed by atoms with van der Waals surface area (Å²) >= 11 is 0. The lowest BCUT2D eigenvalue weighted by Gasteiger charge is -2.19. The van der Waals surface area contributed by atoms with E-state index in [1.807, 2.05) is 0 Å². The highest BCUT2D eigenvalue weighted by Gasteiger charge is 2.34. The van der Waals surface area contributed by atoms with E-state index in [9.17, 15) is 19.5 Å². The van der Waals surface area contributed by atoms with Gasteiger partial charge in [-0.25, -0.2) is 9.79 Å². The normalized spacial score (nSPS) is 12.0. The van der Waals surface area contributed by atoms with Crippen LogP contribution in [0.15, 0.2) is 71.2 Å². The summed E-state index contributed by atoms with van der Waals surface area (Å²) in [7, 11) is 1.14. The summed E-state index contributed by atoms with van der Waals surface area (Å²) in [6.45, 7) is 4.05. The van der Waals surface area contributed by atoms with Crippen LogP contribution >= 0.6 is 0 Å². The standard InChI is InChI=1S/C23H24N2O5/c1-4-25(5-2)22(28)21(27)18(20(26)16-12-8-6-9-13-16)19(23(29)30-3)24-17-14-10-7-11-15-17/h6-15,26H,4-5H2,1-3H3/b20-18+,24-19?. The maximum atomic E-state index is 13.2. The number of aliphatic hydroxyl groups excluding tert-OH is 1. The molecule has 0 aliphatic carbocycles. The minimum atomic E-state index is -1.04. The Morgan fingerprint density at radius 2 is 1.47 bits per heavy atom. The van der Waals surface area contributed by atoms with Gasteiger partial charge in [-0.05, 0) is 26.0 Å². The number of methoxy groups -OCH3 is 1. The second kappa shape index (κ2) is 10.7. The molecule has 0 bridgehead atoms. The molecule has 2 aromatic carbocycles. The predicted octanol–water partition coefficient (Wildman–Crippen LogP) is 3.34. The summed E-state index contributed by atoms with van der Waals surface area (Å²) in [5.74, 6) is -3.36. The number of aliphatic imine (C=N–C) groups is 1. The highest BCUT2D eigenvalue weighted by molar-refractivity contribution is 6.60. The van der Waals surface area contributed by atoms with Crippen LogP contribution in [0.1, 0.15) is 19.4 Å². The van der Waals surface area contributed by atoms with Gasteiger partial charge in [-0.2, -0.15) is 0 Å². The van der Waals surface area contributed by atoms with Crippen molar-refractivity contribution >= 4 is 34.8 Å². The third-order valence-electron chi connectivity index (χ3n) is 4.37. The van der Waals surface area contributed by atoms with E-state index in [0.717, 1.165) is 7.11 Å². The molecule has 0 aliphatic heterocycles. The van der Waals surface area contributed by atoms with Gasteiger partial charge in [0, 0.05) is 18.7 Å². The molecule has 0 saturated carbocycles. The number of carbonyl (C=O) groups excluding carboxylic acids is 3. The van der Waals surface area contributed by atoms with E-state index in [4.69, 9.17) is 4.74 Å². The number of amides is 1. The minimum Gasteiger partial charge on any atom is -0.506 e. The molecule has 0 radical (unpaired) electrons. The van der Waals surface area contributed by atoms with Crippen molar-refractivity contribution in [2.75, 3.05) is 20.2 Å². The molecule has 0 heterocycles. The fourth-order valence-corrected chi connectivity index (χ4v) is 2.76. The smallest absolute Gasteiger partial charge is 0.357 e. The van der Waals surface area contributed by atoms with Gasteiger partial charge in [0.25, 0.3) is 11.7 Å². The highest BCUT2D eigenvalue weighted by Crippen LogP contribution is 2.22. The Balaban J connectivity index is 2.75. The first-order chi connectivity index (χ1) is 14.4. The number of ether oxygens (including phenoxy) is 1. The first-order valence-electron chi connectivity index (χ1n) is 9.49. The van der Waals surface area contributed by atoms with E-state index in [0.29, 0.717) is 18.8 Å². The van der Waals surface area contributed by atoms with Crippen molar-refractivity contribution in [1.82, 2.24) is 4.90 Å². The molecule has 0 unspecified atom stereocenters. The molecule has 0 atom stereocenters. The maximum absolute atomic E-state index is 13.2. The van der Waals surface area contributed by atoms with Crippen molar-refractivity contribution in [3.05, 3.63) is 71.8 Å². The van der Waals surface area contributed by atoms with Crippen LogP contribution in [-0.2, 0) is 19.1 Å². The number of aliphatic hydroxyl groups is 1. The molecule has 0 saturated heterocycles. The summed E-state index contributed by atoms with van der Waals surface area (Å²) in [5.41, 5.74) is -0.332. The molecule has 0 aliphatic rings. The van der Waals surface area contributed by atoms with Gasteiger partial charge in [-0.1, -0.05) is 48.5 Å². The third kappa shape index (κ3) is 5.20. The highest BCUT2D eigenvalue weighted by atomic mass is 16.5. The lowest BCUT2D eigenvalue weighted by atomic mass is 9.98. The fourth-order valence-electron chi connectivity index (χ4n) is 2.76. The van der Waals surface area contributed by atoms with Gasteiger partial charge in [0.2, 0.25) is 0 Å². The van der Waals surface area contributed by atoms with E-state index >= 15 is 0 Å². The van der Waals surface area contributed by atoms with Crippen molar-refractivity contribution in [2.45, 2.75) is 13.8 Å². The Kier molecular flexibility index (Phi) is 8.05. The first-order valence-corrected chi connectivity index (χ1v) is 9.49. The van der Waals surface area contributed by atoms with Crippen molar-refractivity contribution in [3.8, 4) is 0 Å². The number of likely N-dealkylation sites (N-methyl/N-ethyl adjacent to an activating group) is 1. The van der Waals surface area contributed by atoms with Crippen LogP contribution in [0, 0.1) is 0 Å². The van der Waals surface area contributed by atoms with E-state index in [1.54, 1.807) is 74.5 Å².